The SMILES string of the molecule is O=C(Oc1ccccc1Br)c1cccs1. The van der Waals surface area contributed by atoms with Crippen LogP contribution in [0.5, 0.6) is 5.75 Å². The van der Waals surface area contributed by atoms with E-state index in [1.165, 1.54) is 11.3 Å². The number of ether oxygens (including phenoxy) is 1. The molecule has 0 fully saturated rings. The molecule has 0 amide bonds. The zero-order chi connectivity index (χ0) is 10.7. The van der Waals surface area contributed by atoms with Gasteiger partial charge >= 0.3 is 5.97 Å². The Bertz CT molecular complexity index is 465. The van der Waals surface area contributed by atoms with E-state index in [9.17, 15) is 4.79 Å². The van der Waals surface area contributed by atoms with Gasteiger partial charge < -0.3 is 4.74 Å². The molecule has 0 atom stereocenters. The lowest BCUT2D eigenvalue weighted by atomic mass is 10.3. The molecule has 2 nitrogen and oxygen atoms in total. The van der Waals surface area contributed by atoms with Gasteiger partial charge in [-0.2, -0.15) is 0 Å². The lowest BCUT2D eigenvalue weighted by Gasteiger charge is -2.03. The number of halogens is 1. The van der Waals surface area contributed by atoms with Crippen LogP contribution in [0.3, 0.4) is 0 Å². The smallest absolute Gasteiger partial charge is 0.353 e. The minimum absolute atomic E-state index is 0.322. The fraction of sp³-hybridized carbons (Fsp3) is 0. The van der Waals surface area contributed by atoms with Crippen molar-refractivity contribution >= 4 is 33.2 Å². The second kappa shape index (κ2) is 4.59. The normalized spacial score (nSPS) is 9.93. The first-order valence-electron chi connectivity index (χ1n) is 4.27. The summed E-state index contributed by atoms with van der Waals surface area (Å²) in [6.07, 6.45) is 0. The summed E-state index contributed by atoms with van der Waals surface area (Å²) < 4.78 is 5.99. The zero-order valence-electron chi connectivity index (χ0n) is 7.64. The van der Waals surface area contributed by atoms with Gasteiger partial charge in [0.15, 0.2) is 0 Å². The molecule has 2 rings (SSSR count). The Morgan fingerprint density at radius 2 is 2.00 bits per heavy atom. The Hall–Kier alpha value is -1.13. The van der Waals surface area contributed by atoms with Crippen LogP contribution >= 0.6 is 27.3 Å². The van der Waals surface area contributed by atoms with E-state index in [1.807, 2.05) is 29.6 Å². The van der Waals surface area contributed by atoms with Crippen LogP contribution in [0, 0.1) is 0 Å². The van der Waals surface area contributed by atoms with Crippen LogP contribution in [-0.4, -0.2) is 5.97 Å². The van der Waals surface area contributed by atoms with E-state index in [0.717, 1.165) is 4.47 Å². The molecule has 0 aliphatic heterocycles. The third-order valence-corrected chi connectivity index (χ3v) is 3.27. The standard InChI is InChI=1S/C11H7BrO2S/c12-8-4-1-2-5-9(8)14-11(13)10-6-3-7-15-10/h1-7H. The number of para-hydroxylation sites is 1. The molecule has 0 saturated carbocycles. The molecule has 1 aromatic heterocycles. The highest BCUT2D eigenvalue weighted by Gasteiger charge is 2.10. The molecule has 4 heteroatoms. The Balaban J connectivity index is 2.17. The van der Waals surface area contributed by atoms with Gasteiger partial charge in [0.05, 0.1) is 4.47 Å². The molecule has 0 radical (unpaired) electrons. The Kier molecular flexibility index (Phi) is 3.18. The highest BCUT2D eigenvalue weighted by atomic mass is 79.9. The quantitative estimate of drug-likeness (QED) is 0.620. The number of hydrogen-bond donors (Lipinski definition) is 0. The largest absolute Gasteiger partial charge is 0.421 e. The first-order valence-corrected chi connectivity index (χ1v) is 5.95. The van der Waals surface area contributed by atoms with E-state index in [1.54, 1.807) is 12.1 Å². The molecule has 1 heterocycles. The summed E-state index contributed by atoms with van der Waals surface area (Å²) in [5, 5.41) is 1.84. The first kappa shape index (κ1) is 10.4. The van der Waals surface area contributed by atoms with Crippen molar-refractivity contribution in [1.29, 1.82) is 0 Å². The van der Waals surface area contributed by atoms with E-state index < -0.39 is 0 Å². The van der Waals surface area contributed by atoms with Crippen molar-refractivity contribution in [2.75, 3.05) is 0 Å². The summed E-state index contributed by atoms with van der Waals surface area (Å²) in [7, 11) is 0. The highest BCUT2D eigenvalue weighted by Crippen LogP contribution is 2.25. The summed E-state index contributed by atoms with van der Waals surface area (Å²) in [6, 6.07) is 10.8. The van der Waals surface area contributed by atoms with Crippen LogP contribution in [0.1, 0.15) is 9.67 Å². The van der Waals surface area contributed by atoms with Gasteiger partial charge in [-0.05, 0) is 39.5 Å². The summed E-state index contributed by atoms with van der Waals surface area (Å²) in [6.45, 7) is 0. The average Bonchev–Trinajstić information content (AvgIpc) is 2.74. The van der Waals surface area contributed by atoms with E-state index in [4.69, 9.17) is 4.74 Å². The van der Waals surface area contributed by atoms with Gasteiger partial charge in [0.1, 0.15) is 10.6 Å². The fourth-order valence-corrected chi connectivity index (χ4v) is 2.04. The van der Waals surface area contributed by atoms with Crippen molar-refractivity contribution in [1.82, 2.24) is 0 Å². The van der Waals surface area contributed by atoms with Crippen molar-refractivity contribution in [2.24, 2.45) is 0 Å². The molecule has 0 N–H and O–H groups in total. The van der Waals surface area contributed by atoms with Gasteiger partial charge in [0.2, 0.25) is 0 Å². The summed E-state index contributed by atoms with van der Waals surface area (Å²) in [4.78, 5) is 12.2. The second-order valence-electron chi connectivity index (χ2n) is 2.80. The monoisotopic (exact) mass is 282 g/mol. The van der Waals surface area contributed by atoms with Crippen LogP contribution in [0.25, 0.3) is 0 Å². The maximum Gasteiger partial charge on any atom is 0.353 e. The van der Waals surface area contributed by atoms with E-state index in [2.05, 4.69) is 15.9 Å². The van der Waals surface area contributed by atoms with E-state index in [-0.39, 0.29) is 5.97 Å². The maximum absolute atomic E-state index is 11.6. The fourth-order valence-electron chi connectivity index (χ4n) is 1.07. The summed E-state index contributed by atoms with van der Waals surface area (Å²) >= 11 is 4.68. The number of hydrogen-bond acceptors (Lipinski definition) is 3. The van der Waals surface area contributed by atoms with E-state index in [0.29, 0.717) is 10.6 Å². The minimum atomic E-state index is -0.322. The lowest BCUT2D eigenvalue weighted by Crippen LogP contribution is -2.06. The van der Waals surface area contributed by atoms with Gasteiger partial charge in [-0.15, -0.1) is 11.3 Å². The van der Waals surface area contributed by atoms with Crippen molar-refractivity contribution in [2.45, 2.75) is 0 Å². The molecule has 0 bridgehead atoms. The highest BCUT2D eigenvalue weighted by molar-refractivity contribution is 9.10. The van der Waals surface area contributed by atoms with E-state index >= 15 is 0 Å². The first-order chi connectivity index (χ1) is 7.27. The predicted octanol–water partition coefficient (Wildman–Crippen LogP) is 3.73. The molecule has 15 heavy (non-hydrogen) atoms. The summed E-state index contributed by atoms with van der Waals surface area (Å²) in [5.74, 6) is 0.216. The lowest BCUT2D eigenvalue weighted by molar-refractivity contribution is 0.0738. The molecule has 1 aromatic carbocycles. The average molecular weight is 283 g/mol. The topological polar surface area (TPSA) is 26.3 Å². The molecule has 76 valence electrons. The van der Waals surface area contributed by atoms with Gasteiger partial charge in [0.25, 0.3) is 0 Å². The van der Waals surface area contributed by atoms with Gasteiger partial charge in [-0.25, -0.2) is 4.79 Å². The van der Waals surface area contributed by atoms with Gasteiger partial charge in [-0.3, -0.25) is 0 Å². The Morgan fingerprint density at radius 3 is 2.67 bits per heavy atom. The van der Waals surface area contributed by atoms with Crippen molar-refractivity contribution < 1.29 is 9.53 Å². The van der Waals surface area contributed by atoms with Crippen molar-refractivity contribution in [3.63, 3.8) is 0 Å². The maximum atomic E-state index is 11.6. The molecular weight excluding hydrogens is 276 g/mol. The van der Waals surface area contributed by atoms with Gasteiger partial charge in [-0.1, -0.05) is 18.2 Å². The molecule has 2 aromatic rings. The number of carbonyl (C=O) groups is 1. The third-order valence-electron chi connectivity index (χ3n) is 1.76. The molecule has 0 spiro atoms. The predicted molar refractivity (Wildman–Crippen MR) is 63.4 cm³/mol. The Morgan fingerprint density at radius 1 is 1.20 bits per heavy atom. The third kappa shape index (κ3) is 2.46. The minimum Gasteiger partial charge on any atom is -0.421 e. The van der Waals surface area contributed by atoms with Crippen LogP contribution < -0.4 is 4.74 Å². The molecule has 0 aliphatic carbocycles. The van der Waals surface area contributed by atoms with Crippen molar-refractivity contribution in [3.8, 4) is 5.75 Å². The number of rotatable bonds is 2. The number of benzene rings is 1. The second-order valence-corrected chi connectivity index (χ2v) is 4.60. The molecular formula is C11H7BrO2S. The molecule has 0 unspecified atom stereocenters. The number of thiophene rings is 1. The number of esters is 1. The van der Waals surface area contributed by atoms with Crippen LogP contribution in [0.4, 0.5) is 0 Å². The van der Waals surface area contributed by atoms with Gasteiger partial charge in [0, 0.05) is 0 Å². The number of carbonyl (C=O) groups excluding carboxylic acids is 1. The van der Waals surface area contributed by atoms with Crippen LogP contribution in [0.2, 0.25) is 0 Å². The Labute approximate surface area is 99.6 Å². The van der Waals surface area contributed by atoms with Crippen molar-refractivity contribution in [3.05, 3.63) is 51.1 Å². The zero-order valence-corrected chi connectivity index (χ0v) is 10.0. The van der Waals surface area contributed by atoms with Crippen LogP contribution in [0.15, 0.2) is 46.3 Å². The van der Waals surface area contributed by atoms with Crippen LogP contribution in [-0.2, 0) is 0 Å². The summed E-state index contributed by atoms with van der Waals surface area (Å²) in [5.41, 5.74) is 0. The molecule has 0 aliphatic rings. The molecule has 0 saturated heterocycles.